The topological polar surface area (TPSA) is 12.0 Å². The Labute approximate surface area is 101 Å². The molecule has 1 nitrogen and oxygen atoms in total. The van der Waals surface area contributed by atoms with Crippen molar-refractivity contribution in [3.8, 4) is 0 Å². The van der Waals surface area contributed by atoms with Gasteiger partial charge in [-0.1, -0.05) is 40.9 Å². The highest BCUT2D eigenvalue weighted by molar-refractivity contribution is 6.42. The molecule has 0 saturated carbocycles. The summed E-state index contributed by atoms with van der Waals surface area (Å²) in [5.41, 5.74) is 2.14. The molecular formula is C12H15Cl2N. The molecule has 1 rings (SSSR count). The van der Waals surface area contributed by atoms with Crippen LogP contribution in [0.2, 0.25) is 10.0 Å². The molecule has 1 atom stereocenters. The zero-order valence-electron chi connectivity index (χ0n) is 8.98. The molecular weight excluding hydrogens is 229 g/mol. The van der Waals surface area contributed by atoms with Crippen LogP contribution >= 0.6 is 23.2 Å². The number of nitrogens with one attached hydrogen (secondary N) is 1. The molecule has 1 aromatic rings. The minimum Gasteiger partial charge on any atom is -0.313 e. The van der Waals surface area contributed by atoms with E-state index in [1.807, 2.05) is 26.1 Å². The molecule has 0 aliphatic heterocycles. The fourth-order valence-electron chi connectivity index (χ4n) is 1.51. The molecule has 0 aromatic heterocycles. The van der Waals surface area contributed by atoms with Gasteiger partial charge >= 0.3 is 0 Å². The molecule has 0 aliphatic carbocycles. The van der Waals surface area contributed by atoms with Gasteiger partial charge in [0.1, 0.15) is 0 Å². The molecule has 15 heavy (non-hydrogen) atoms. The van der Waals surface area contributed by atoms with E-state index in [2.05, 4.69) is 11.9 Å². The summed E-state index contributed by atoms with van der Waals surface area (Å²) in [6.07, 6.45) is 0.858. The van der Waals surface area contributed by atoms with Crippen LogP contribution in [-0.4, -0.2) is 7.05 Å². The fourth-order valence-corrected chi connectivity index (χ4v) is 1.95. The molecule has 0 fully saturated rings. The van der Waals surface area contributed by atoms with Crippen molar-refractivity contribution in [2.75, 3.05) is 7.05 Å². The van der Waals surface area contributed by atoms with E-state index in [1.165, 1.54) is 0 Å². The van der Waals surface area contributed by atoms with Gasteiger partial charge in [0.2, 0.25) is 0 Å². The standard InChI is InChI=1S/C12H15Cl2N/c1-8(2)7-11(15-3)9-5-4-6-10(13)12(9)14/h4-6,11,15H,1,7H2,2-3H3. The number of halogens is 2. The average molecular weight is 244 g/mol. The van der Waals surface area contributed by atoms with E-state index in [9.17, 15) is 0 Å². The Morgan fingerprint density at radius 2 is 2.13 bits per heavy atom. The van der Waals surface area contributed by atoms with Gasteiger partial charge in [-0.3, -0.25) is 0 Å². The van der Waals surface area contributed by atoms with Crippen LogP contribution in [0.15, 0.2) is 30.4 Å². The van der Waals surface area contributed by atoms with Gasteiger partial charge in [0.15, 0.2) is 0 Å². The molecule has 0 bridgehead atoms. The lowest BCUT2D eigenvalue weighted by atomic mass is 10.0. The first-order chi connectivity index (χ1) is 7.06. The molecule has 0 spiro atoms. The van der Waals surface area contributed by atoms with Crippen molar-refractivity contribution in [3.63, 3.8) is 0 Å². The number of hydrogen-bond donors (Lipinski definition) is 1. The van der Waals surface area contributed by atoms with Crippen LogP contribution < -0.4 is 5.32 Å². The maximum absolute atomic E-state index is 6.15. The Morgan fingerprint density at radius 3 is 2.67 bits per heavy atom. The normalized spacial score (nSPS) is 12.5. The van der Waals surface area contributed by atoms with Gasteiger partial charge in [0.05, 0.1) is 10.0 Å². The van der Waals surface area contributed by atoms with E-state index in [0.29, 0.717) is 10.0 Å². The summed E-state index contributed by atoms with van der Waals surface area (Å²) in [7, 11) is 1.91. The highest BCUT2D eigenvalue weighted by Crippen LogP contribution is 2.32. The molecule has 3 heteroatoms. The largest absolute Gasteiger partial charge is 0.313 e. The maximum atomic E-state index is 6.15. The lowest BCUT2D eigenvalue weighted by molar-refractivity contribution is 0.590. The van der Waals surface area contributed by atoms with Crippen molar-refractivity contribution in [2.24, 2.45) is 0 Å². The van der Waals surface area contributed by atoms with Crippen molar-refractivity contribution in [3.05, 3.63) is 46.0 Å². The summed E-state index contributed by atoms with van der Waals surface area (Å²) in [4.78, 5) is 0. The van der Waals surface area contributed by atoms with Gasteiger partial charge in [0, 0.05) is 6.04 Å². The smallest absolute Gasteiger partial charge is 0.0640 e. The van der Waals surface area contributed by atoms with Gasteiger partial charge in [-0.25, -0.2) is 0 Å². The minimum absolute atomic E-state index is 0.175. The fraction of sp³-hybridized carbons (Fsp3) is 0.333. The van der Waals surface area contributed by atoms with E-state index in [0.717, 1.165) is 17.6 Å². The van der Waals surface area contributed by atoms with Gasteiger partial charge in [-0.15, -0.1) is 6.58 Å². The Kier molecular flexibility index (Phi) is 4.65. The summed E-state index contributed by atoms with van der Waals surface area (Å²) in [5, 5.41) is 4.43. The van der Waals surface area contributed by atoms with Crippen LogP contribution in [-0.2, 0) is 0 Å². The molecule has 0 heterocycles. The van der Waals surface area contributed by atoms with Crippen LogP contribution in [0.5, 0.6) is 0 Å². The molecule has 1 N–H and O–H groups in total. The van der Waals surface area contributed by atoms with E-state index in [-0.39, 0.29) is 6.04 Å². The monoisotopic (exact) mass is 243 g/mol. The number of hydrogen-bond acceptors (Lipinski definition) is 1. The minimum atomic E-state index is 0.175. The third-order valence-electron chi connectivity index (χ3n) is 2.26. The summed E-state index contributed by atoms with van der Waals surface area (Å²) >= 11 is 12.1. The number of benzene rings is 1. The van der Waals surface area contributed by atoms with Gasteiger partial charge in [-0.2, -0.15) is 0 Å². The summed E-state index contributed by atoms with van der Waals surface area (Å²) < 4.78 is 0. The van der Waals surface area contributed by atoms with Crippen LogP contribution in [0.3, 0.4) is 0 Å². The van der Waals surface area contributed by atoms with E-state index < -0.39 is 0 Å². The third kappa shape index (κ3) is 3.23. The maximum Gasteiger partial charge on any atom is 0.0640 e. The van der Waals surface area contributed by atoms with E-state index >= 15 is 0 Å². The van der Waals surface area contributed by atoms with Crippen molar-refractivity contribution in [2.45, 2.75) is 19.4 Å². The van der Waals surface area contributed by atoms with Gasteiger partial charge in [0.25, 0.3) is 0 Å². The second kappa shape index (κ2) is 5.55. The van der Waals surface area contributed by atoms with Crippen LogP contribution in [0, 0.1) is 0 Å². The molecule has 0 amide bonds. The first-order valence-corrected chi connectivity index (χ1v) is 5.57. The summed E-state index contributed by atoms with van der Waals surface area (Å²) in [6, 6.07) is 5.86. The zero-order chi connectivity index (χ0) is 11.4. The SMILES string of the molecule is C=C(C)CC(NC)c1cccc(Cl)c1Cl. The average Bonchev–Trinajstić information content (AvgIpc) is 2.19. The Bertz CT molecular complexity index is 361. The molecule has 82 valence electrons. The molecule has 1 aromatic carbocycles. The predicted molar refractivity (Wildman–Crippen MR) is 67.7 cm³/mol. The first-order valence-electron chi connectivity index (χ1n) is 4.81. The molecule has 0 aliphatic rings. The van der Waals surface area contributed by atoms with Crippen LogP contribution in [0.4, 0.5) is 0 Å². The van der Waals surface area contributed by atoms with Crippen LogP contribution in [0.25, 0.3) is 0 Å². The lowest BCUT2D eigenvalue weighted by Gasteiger charge is -2.18. The Hall–Kier alpha value is -0.500. The number of rotatable bonds is 4. The van der Waals surface area contributed by atoms with Gasteiger partial charge < -0.3 is 5.32 Å². The first kappa shape index (κ1) is 12.6. The Morgan fingerprint density at radius 1 is 1.47 bits per heavy atom. The summed E-state index contributed by atoms with van der Waals surface area (Å²) in [5.74, 6) is 0. The van der Waals surface area contributed by atoms with Crippen molar-refractivity contribution < 1.29 is 0 Å². The molecule has 0 radical (unpaired) electrons. The van der Waals surface area contributed by atoms with E-state index in [4.69, 9.17) is 23.2 Å². The Balaban J connectivity index is 3.01. The second-order valence-electron chi connectivity index (χ2n) is 3.65. The quantitative estimate of drug-likeness (QED) is 0.782. The molecule has 0 saturated heterocycles. The highest BCUT2D eigenvalue weighted by Gasteiger charge is 2.14. The second-order valence-corrected chi connectivity index (χ2v) is 4.43. The van der Waals surface area contributed by atoms with Crippen molar-refractivity contribution in [1.82, 2.24) is 5.32 Å². The highest BCUT2D eigenvalue weighted by atomic mass is 35.5. The van der Waals surface area contributed by atoms with E-state index in [1.54, 1.807) is 6.07 Å². The summed E-state index contributed by atoms with van der Waals surface area (Å²) in [6.45, 7) is 5.91. The van der Waals surface area contributed by atoms with Crippen molar-refractivity contribution in [1.29, 1.82) is 0 Å². The van der Waals surface area contributed by atoms with Crippen LogP contribution in [0.1, 0.15) is 24.9 Å². The zero-order valence-corrected chi connectivity index (χ0v) is 10.5. The lowest BCUT2D eigenvalue weighted by Crippen LogP contribution is -2.17. The van der Waals surface area contributed by atoms with Gasteiger partial charge in [-0.05, 0) is 32.0 Å². The third-order valence-corrected chi connectivity index (χ3v) is 3.09. The molecule has 1 unspecified atom stereocenters. The van der Waals surface area contributed by atoms with Crippen molar-refractivity contribution >= 4 is 23.2 Å². The predicted octanol–water partition coefficient (Wildman–Crippen LogP) is 4.22.